The molecule has 154 valence electrons. The topological polar surface area (TPSA) is 67.4 Å². The molecule has 0 bridgehead atoms. The van der Waals surface area contributed by atoms with E-state index >= 15 is 0 Å². The number of hydrogen-bond donors (Lipinski definition) is 2. The molecule has 3 rings (SSSR count). The number of nitrogens with one attached hydrogen (secondary N) is 2. The van der Waals surface area contributed by atoms with Crippen molar-refractivity contribution in [2.75, 3.05) is 23.5 Å². The normalized spacial score (nSPS) is 10.3. The first-order chi connectivity index (χ1) is 14.5. The molecule has 5 nitrogen and oxygen atoms in total. The van der Waals surface area contributed by atoms with Crippen molar-refractivity contribution in [1.82, 2.24) is 0 Å². The Hall–Kier alpha value is -3.25. The van der Waals surface area contributed by atoms with Crippen molar-refractivity contribution in [3.8, 4) is 5.75 Å². The average molecular weight is 421 g/mol. The fourth-order valence-corrected chi connectivity index (χ4v) is 3.71. The lowest BCUT2D eigenvalue weighted by Crippen LogP contribution is -2.15. The molecule has 3 aromatic carbocycles. The lowest BCUT2D eigenvalue weighted by Gasteiger charge is -2.09. The molecule has 0 aliphatic rings. The van der Waals surface area contributed by atoms with Gasteiger partial charge in [-0.15, -0.1) is 11.8 Å². The Morgan fingerprint density at radius 2 is 1.50 bits per heavy atom. The second-order valence-electron chi connectivity index (χ2n) is 6.73. The van der Waals surface area contributed by atoms with Gasteiger partial charge in [-0.3, -0.25) is 9.59 Å². The monoisotopic (exact) mass is 420 g/mol. The summed E-state index contributed by atoms with van der Waals surface area (Å²) in [6.07, 6.45) is 0. The maximum Gasteiger partial charge on any atom is 0.255 e. The van der Waals surface area contributed by atoms with Gasteiger partial charge in [0, 0.05) is 22.7 Å². The zero-order chi connectivity index (χ0) is 21.3. The highest BCUT2D eigenvalue weighted by Crippen LogP contribution is 2.18. The molecule has 30 heavy (non-hydrogen) atoms. The fraction of sp³-hybridized carbons (Fsp3) is 0.167. The Balaban J connectivity index is 1.47. The number of benzene rings is 3. The van der Waals surface area contributed by atoms with Crippen molar-refractivity contribution in [2.45, 2.75) is 12.7 Å². The van der Waals surface area contributed by atoms with E-state index < -0.39 is 0 Å². The van der Waals surface area contributed by atoms with Crippen molar-refractivity contribution in [2.24, 2.45) is 0 Å². The predicted molar refractivity (Wildman–Crippen MR) is 123 cm³/mol. The van der Waals surface area contributed by atoms with Gasteiger partial charge in [-0.25, -0.2) is 0 Å². The predicted octanol–water partition coefficient (Wildman–Crippen LogP) is 5.13. The van der Waals surface area contributed by atoms with Crippen molar-refractivity contribution >= 4 is 35.0 Å². The lowest BCUT2D eigenvalue weighted by atomic mass is 10.1. The Morgan fingerprint density at radius 1 is 0.867 bits per heavy atom. The largest absolute Gasteiger partial charge is 0.497 e. The van der Waals surface area contributed by atoms with Crippen LogP contribution in [0.15, 0.2) is 72.8 Å². The number of hydrogen-bond acceptors (Lipinski definition) is 4. The minimum absolute atomic E-state index is 0.0657. The van der Waals surface area contributed by atoms with Crippen LogP contribution < -0.4 is 15.4 Å². The molecule has 0 atom stereocenters. The van der Waals surface area contributed by atoms with Crippen LogP contribution in [-0.2, 0) is 10.5 Å². The summed E-state index contributed by atoms with van der Waals surface area (Å²) in [6, 6.07) is 22.1. The van der Waals surface area contributed by atoms with Crippen LogP contribution in [0.5, 0.6) is 5.75 Å². The van der Waals surface area contributed by atoms with E-state index in [1.54, 1.807) is 67.4 Å². The van der Waals surface area contributed by atoms with E-state index in [0.717, 1.165) is 11.5 Å². The highest BCUT2D eigenvalue weighted by atomic mass is 32.2. The van der Waals surface area contributed by atoms with Gasteiger partial charge in [0.05, 0.1) is 12.9 Å². The van der Waals surface area contributed by atoms with Gasteiger partial charge in [0.2, 0.25) is 5.91 Å². The fourth-order valence-electron chi connectivity index (χ4n) is 2.81. The van der Waals surface area contributed by atoms with Crippen LogP contribution in [0.25, 0.3) is 0 Å². The molecule has 0 radical (unpaired) electrons. The number of carbonyl (C=O) groups is 2. The Kier molecular flexibility index (Phi) is 7.51. The van der Waals surface area contributed by atoms with Gasteiger partial charge >= 0.3 is 0 Å². The van der Waals surface area contributed by atoms with Gasteiger partial charge in [-0.1, -0.05) is 24.3 Å². The van der Waals surface area contributed by atoms with Crippen LogP contribution in [0.2, 0.25) is 0 Å². The average Bonchev–Trinajstić information content (AvgIpc) is 2.76. The zero-order valence-electron chi connectivity index (χ0n) is 17.0. The van der Waals surface area contributed by atoms with Crippen molar-refractivity contribution < 1.29 is 14.3 Å². The van der Waals surface area contributed by atoms with Gasteiger partial charge < -0.3 is 15.4 Å². The summed E-state index contributed by atoms with van der Waals surface area (Å²) in [4.78, 5) is 24.6. The number of thioether (sulfide) groups is 1. The molecule has 0 aliphatic carbocycles. The van der Waals surface area contributed by atoms with Crippen LogP contribution in [0.4, 0.5) is 11.4 Å². The number of ether oxygens (including phenoxy) is 1. The van der Waals surface area contributed by atoms with Crippen LogP contribution in [0.1, 0.15) is 21.5 Å². The van der Waals surface area contributed by atoms with Gasteiger partial charge in [-0.2, -0.15) is 0 Å². The highest BCUT2D eigenvalue weighted by molar-refractivity contribution is 7.99. The standard InChI is InChI=1S/C24H24N2O3S/c1-17-5-3-4-6-19(17)15-30-16-23(27)25-20-9-7-18(8-10-20)24(28)26-21-11-13-22(29-2)14-12-21/h3-14H,15-16H2,1-2H3,(H,25,27)(H,26,28). The summed E-state index contributed by atoms with van der Waals surface area (Å²) in [5.74, 6) is 1.61. The number of amides is 2. The molecule has 2 amide bonds. The first-order valence-corrected chi connectivity index (χ1v) is 10.7. The van der Waals surface area contributed by atoms with Crippen molar-refractivity contribution in [3.63, 3.8) is 0 Å². The smallest absolute Gasteiger partial charge is 0.255 e. The van der Waals surface area contributed by atoms with Gasteiger partial charge in [0.25, 0.3) is 5.91 Å². The molecule has 0 fully saturated rings. The summed E-state index contributed by atoms with van der Waals surface area (Å²) >= 11 is 1.57. The summed E-state index contributed by atoms with van der Waals surface area (Å²) in [7, 11) is 1.59. The second kappa shape index (κ2) is 10.5. The molecule has 2 N–H and O–H groups in total. The van der Waals surface area contributed by atoms with E-state index in [9.17, 15) is 9.59 Å². The highest BCUT2D eigenvalue weighted by Gasteiger charge is 2.08. The molecule has 3 aromatic rings. The first kappa shape index (κ1) is 21.5. The molecule has 0 aliphatic heterocycles. The minimum Gasteiger partial charge on any atom is -0.497 e. The Labute approximate surface area is 180 Å². The van der Waals surface area contributed by atoms with Crippen molar-refractivity contribution in [3.05, 3.63) is 89.5 Å². The van der Waals surface area contributed by atoms with Gasteiger partial charge in [0.1, 0.15) is 5.75 Å². The molecular weight excluding hydrogens is 396 g/mol. The summed E-state index contributed by atoms with van der Waals surface area (Å²) < 4.78 is 5.11. The molecule has 0 aromatic heterocycles. The van der Waals surface area contributed by atoms with E-state index in [1.165, 1.54) is 11.1 Å². The van der Waals surface area contributed by atoms with Crippen LogP contribution in [0, 0.1) is 6.92 Å². The minimum atomic E-state index is -0.216. The lowest BCUT2D eigenvalue weighted by molar-refractivity contribution is -0.113. The number of methoxy groups -OCH3 is 1. The third-order valence-electron chi connectivity index (χ3n) is 4.53. The zero-order valence-corrected chi connectivity index (χ0v) is 17.8. The van der Waals surface area contributed by atoms with E-state index in [0.29, 0.717) is 22.7 Å². The second-order valence-corrected chi connectivity index (χ2v) is 7.71. The molecular formula is C24H24N2O3S. The summed E-state index contributed by atoms with van der Waals surface area (Å²) in [5.41, 5.74) is 4.33. The number of aryl methyl sites for hydroxylation is 1. The van der Waals surface area contributed by atoms with E-state index in [1.807, 2.05) is 12.1 Å². The SMILES string of the molecule is COc1ccc(NC(=O)c2ccc(NC(=O)CSCc3ccccc3C)cc2)cc1. The van der Waals surface area contributed by atoms with Crippen LogP contribution in [-0.4, -0.2) is 24.7 Å². The summed E-state index contributed by atoms with van der Waals surface area (Å²) in [6.45, 7) is 2.07. The molecule has 0 heterocycles. The first-order valence-electron chi connectivity index (χ1n) is 9.53. The maximum absolute atomic E-state index is 12.4. The molecule has 0 saturated heterocycles. The Bertz CT molecular complexity index is 1000. The maximum atomic E-state index is 12.4. The van der Waals surface area contributed by atoms with E-state index in [4.69, 9.17) is 4.74 Å². The number of anilines is 2. The quantitative estimate of drug-likeness (QED) is 0.530. The third kappa shape index (κ3) is 6.12. The Morgan fingerprint density at radius 3 is 2.17 bits per heavy atom. The van der Waals surface area contributed by atoms with Crippen molar-refractivity contribution in [1.29, 1.82) is 0 Å². The molecule has 0 spiro atoms. The third-order valence-corrected chi connectivity index (χ3v) is 5.51. The summed E-state index contributed by atoms with van der Waals surface area (Å²) in [5, 5.41) is 5.70. The van der Waals surface area contributed by atoms with E-state index in [2.05, 4.69) is 29.7 Å². The molecule has 0 unspecified atom stereocenters. The number of rotatable bonds is 8. The molecule has 0 saturated carbocycles. The van der Waals surface area contributed by atoms with E-state index in [-0.39, 0.29) is 11.8 Å². The van der Waals surface area contributed by atoms with Crippen LogP contribution in [0.3, 0.4) is 0 Å². The van der Waals surface area contributed by atoms with Crippen LogP contribution >= 0.6 is 11.8 Å². The molecule has 6 heteroatoms. The number of carbonyl (C=O) groups excluding carboxylic acids is 2. The van der Waals surface area contributed by atoms with Gasteiger partial charge in [0.15, 0.2) is 0 Å². The van der Waals surface area contributed by atoms with Gasteiger partial charge in [-0.05, 0) is 66.6 Å².